The number of rotatable bonds is 9. The largest absolute Gasteiger partial charge is 0.502 e. The quantitative estimate of drug-likeness (QED) is 0.573. The van der Waals surface area contributed by atoms with Gasteiger partial charge in [0.05, 0.1) is 27.0 Å². The maximum Gasteiger partial charge on any atom is 0.261 e. The predicted molar refractivity (Wildman–Crippen MR) is 116 cm³/mol. The molecule has 0 spiro atoms. The third kappa shape index (κ3) is 4.92. The molecule has 3 aromatic rings. The fourth-order valence-corrected chi connectivity index (χ4v) is 3.10. The van der Waals surface area contributed by atoms with Crippen LogP contribution in [0.3, 0.4) is 0 Å². The van der Waals surface area contributed by atoms with Crippen LogP contribution in [0.15, 0.2) is 48.5 Å². The molecule has 1 aromatic heterocycles. The summed E-state index contributed by atoms with van der Waals surface area (Å²) in [5, 5.41) is 10.3. The summed E-state index contributed by atoms with van der Waals surface area (Å²) >= 11 is 0. The number of aryl methyl sites for hydroxylation is 1. The molecule has 7 heteroatoms. The SMILES string of the molecule is CCc1nc(N(Cc2ccc(OC)cc2)Cc2ccc(OC)cc2)nc(OC)c1O. The lowest BCUT2D eigenvalue weighted by atomic mass is 10.1. The molecule has 0 atom stereocenters. The Morgan fingerprint density at radius 3 is 1.67 bits per heavy atom. The zero-order chi connectivity index (χ0) is 21.5. The molecule has 7 nitrogen and oxygen atoms in total. The van der Waals surface area contributed by atoms with E-state index in [4.69, 9.17) is 14.2 Å². The Kier molecular flexibility index (Phi) is 6.95. The molecular formula is C23H27N3O4. The minimum atomic E-state index is -0.0161. The maximum absolute atomic E-state index is 10.3. The lowest BCUT2D eigenvalue weighted by Crippen LogP contribution is -2.25. The zero-order valence-electron chi connectivity index (χ0n) is 17.8. The van der Waals surface area contributed by atoms with E-state index in [1.807, 2.05) is 60.4 Å². The first-order chi connectivity index (χ1) is 14.6. The van der Waals surface area contributed by atoms with E-state index in [1.165, 1.54) is 7.11 Å². The van der Waals surface area contributed by atoms with Crippen LogP contribution in [0.2, 0.25) is 0 Å². The van der Waals surface area contributed by atoms with Crippen LogP contribution in [-0.4, -0.2) is 36.4 Å². The van der Waals surface area contributed by atoms with Gasteiger partial charge in [-0.05, 0) is 41.8 Å². The first kappa shape index (κ1) is 21.2. The summed E-state index contributed by atoms with van der Waals surface area (Å²) in [5.74, 6) is 2.25. The summed E-state index contributed by atoms with van der Waals surface area (Å²) in [6.45, 7) is 3.09. The van der Waals surface area contributed by atoms with Crippen LogP contribution in [0.1, 0.15) is 23.7 Å². The minimum absolute atomic E-state index is 0.0161. The van der Waals surface area contributed by atoms with Gasteiger partial charge in [-0.25, -0.2) is 4.98 Å². The average Bonchev–Trinajstić information content (AvgIpc) is 2.79. The van der Waals surface area contributed by atoms with Crippen molar-refractivity contribution >= 4 is 5.95 Å². The van der Waals surface area contributed by atoms with Gasteiger partial charge in [-0.15, -0.1) is 0 Å². The van der Waals surface area contributed by atoms with Crippen LogP contribution in [0.5, 0.6) is 23.1 Å². The first-order valence-corrected chi connectivity index (χ1v) is 9.72. The summed E-state index contributed by atoms with van der Waals surface area (Å²) < 4.78 is 15.8. The summed E-state index contributed by atoms with van der Waals surface area (Å²) in [4.78, 5) is 11.1. The van der Waals surface area contributed by atoms with E-state index < -0.39 is 0 Å². The van der Waals surface area contributed by atoms with Crippen molar-refractivity contribution in [2.24, 2.45) is 0 Å². The molecule has 158 valence electrons. The van der Waals surface area contributed by atoms with Crippen LogP contribution in [-0.2, 0) is 19.5 Å². The van der Waals surface area contributed by atoms with Gasteiger partial charge in [-0.2, -0.15) is 4.98 Å². The highest BCUT2D eigenvalue weighted by Crippen LogP contribution is 2.30. The van der Waals surface area contributed by atoms with Crippen LogP contribution < -0.4 is 19.1 Å². The van der Waals surface area contributed by atoms with E-state index in [0.29, 0.717) is 31.2 Å². The lowest BCUT2D eigenvalue weighted by Gasteiger charge is -2.24. The standard InChI is InChI=1S/C23H27N3O4/c1-5-20-21(27)22(30-4)25-23(24-20)26(14-16-6-10-18(28-2)11-7-16)15-17-8-12-19(29-3)13-9-17/h6-13,27H,5,14-15H2,1-4H3. The molecule has 0 saturated heterocycles. The number of ether oxygens (including phenoxy) is 3. The molecule has 0 amide bonds. The van der Waals surface area contributed by atoms with Gasteiger partial charge in [0.25, 0.3) is 5.88 Å². The monoisotopic (exact) mass is 409 g/mol. The van der Waals surface area contributed by atoms with E-state index in [2.05, 4.69) is 9.97 Å². The molecule has 0 bridgehead atoms. The molecule has 0 saturated carbocycles. The summed E-state index contributed by atoms with van der Waals surface area (Å²) in [7, 11) is 4.78. The van der Waals surface area contributed by atoms with Crippen molar-refractivity contribution in [2.45, 2.75) is 26.4 Å². The fraction of sp³-hybridized carbons (Fsp3) is 0.304. The Labute approximate surface area is 176 Å². The number of nitrogens with zero attached hydrogens (tertiary/aromatic N) is 3. The number of aromatic nitrogens is 2. The van der Waals surface area contributed by atoms with Crippen LogP contribution in [0.4, 0.5) is 5.95 Å². The van der Waals surface area contributed by atoms with Gasteiger partial charge in [0.1, 0.15) is 11.5 Å². The first-order valence-electron chi connectivity index (χ1n) is 9.72. The molecule has 1 heterocycles. The van der Waals surface area contributed by atoms with Crippen molar-refractivity contribution in [3.05, 3.63) is 65.4 Å². The Hall–Kier alpha value is -3.48. The summed E-state index contributed by atoms with van der Waals surface area (Å²) in [6.07, 6.45) is 0.566. The van der Waals surface area contributed by atoms with Crippen molar-refractivity contribution in [1.82, 2.24) is 9.97 Å². The summed E-state index contributed by atoms with van der Waals surface area (Å²) in [6, 6.07) is 15.8. The van der Waals surface area contributed by atoms with Crippen molar-refractivity contribution in [3.8, 4) is 23.1 Å². The number of hydrogen-bond acceptors (Lipinski definition) is 7. The van der Waals surface area contributed by atoms with Crippen LogP contribution in [0, 0.1) is 0 Å². The molecule has 0 radical (unpaired) electrons. The zero-order valence-corrected chi connectivity index (χ0v) is 17.8. The molecule has 30 heavy (non-hydrogen) atoms. The molecule has 0 fully saturated rings. The van der Waals surface area contributed by atoms with Gasteiger partial charge >= 0.3 is 0 Å². The van der Waals surface area contributed by atoms with Crippen molar-refractivity contribution in [3.63, 3.8) is 0 Å². The molecule has 1 N–H and O–H groups in total. The maximum atomic E-state index is 10.3. The second kappa shape index (κ2) is 9.82. The van der Waals surface area contributed by atoms with E-state index in [-0.39, 0.29) is 11.6 Å². The Morgan fingerprint density at radius 2 is 1.27 bits per heavy atom. The lowest BCUT2D eigenvalue weighted by molar-refractivity contribution is 0.353. The Bertz CT molecular complexity index is 885. The average molecular weight is 409 g/mol. The highest BCUT2D eigenvalue weighted by Gasteiger charge is 2.18. The smallest absolute Gasteiger partial charge is 0.261 e. The topological polar surface area (TPSA) is 76.9 Å². The normalized spacial score (nSPS) is 10.5. The highest BCUT2D eigenvalue weighted by molar-refractivity contribution is 5.45. The molecule has 3 rings (SSSR count). The second-order valence-corrected chi connectivity index (χ2v) is 6.73. The van der Waals surface area contributed by atoms with E-state index in [1.54, 1.807) is 14.2 Å². The molecular weight excluding hydrogens is 382 g/mol. The number of benzene rings is 2. The number of anilines is 1. The van der Waals surface area contributed by atoms with Crippen molar-refractivity contribution in [1.29, 1.82) is 0 Å². The molecule has 0 aliphatic heterocycles. The van der Waals surface area contributed by atoms with Gasteiger partial charge in [0, 0.05) is 13.1 Å². The third-order valence-electron chi connectivity index (χ3n) is 4.79. The van der Waals surface area contributed by atoms with Crippen LogP contribution in [0.25, 0.3) is 0 Å². The molecule has 0 unspecified atom stereocenters. The van der Waals surface area contributed by atoms with Crippen molar-refractivity contribution in [2.75, 3.05) is 26.2 Å². The number of methoxy groups -OCH3 is 3. The van der Waals surface area contributed by atoms with Gasteiger partial charge < -0.3 is 24.2 Å². The van der Waals surface area contributed by atoms with Gasteiger partial charge in [0.15, 0.2) is 0 Å². The predicted octanol–water partition coefficient (Wildman–Crippen LogP) is 3.98. The molecule has 2 aromatic carbocycles. The van der Waals surface area contributed by atoms with Gasteiger partial charge in [-0.1, -0.05) is 31.2 Å². The van der Waals surface area contributed by atoms with Crippen molar-refractivity contribution < 1.29 is 19.3 Å². The number of aromatic hydroxyl groups is 1. The second-order valence-electron chi connectivity index (χ2n) is 6.73. The van der Waals surface area contributed by atoms with E-state index in [9.17, 15) is 5.11 Å². The number of hydrogen-bond donors (Lipinski definition) is 1. The third-order valence-corrected chi connectivity index (χ3v) is 4.79. The minimum Gasteiger partial charge on any atom is -0.502 e. The van der Waals surface area contributed by atoms with E-state index in [0.717, 1.165) is 22.6 Å². The fourth-order valence-electron chi connectivity index (χ4n) is 3.10. The molecule has 0 aliphatic carbocycles. The highest BCUT2D eigenvalue weighted by atomic mass is 16.5. The van der Waals surface area contributed by atoms with Gasteiger partial charge in [0.2, 0.25) is 11.7 Å². The Morgan fingerprint density at radius 1 is 0.767 bits per heavy atom. The summed E-state index contributed by atoms with van der Waals surface area (Å²) in [5.41, 5.74) is 2.71. The Balaban J connectivity index is 1.97. The van der Waals surface area contributed by atoms with Crippen LogP contribution >= 0.6 is 0 Å². The molecule has 0 aliphatic rings. The van der Waals surface area contributed by atoms with E-state index >= 15 is 0 Å². The van der Waals surface area contributed by atoms with Gasteiger partial charge in [-0.3, -0.25) is 0 Å².